The summed E-state index contributed by atoms with van der Waals surface area (Å²) in [6.07, 6.45) is 3.83. The lowest BCUT2D eigenvalue weighted by Crippen LogP contribution is -2.23. The molecule has 0 bridgehead atoms. The highest BCUT2D eigenvalue weighted by Crippen LogP contribution is 2.21. The van der Waals surface area contributed by atoms with Crippen molar-refractivity contribution in [3.05, 3.63) is 308 Å². The molecule has 6 aromatic carbocycles. The van der Waals surface area contributed by atoms with E-state index in [2.05, 4.69) is 60.1 Å². The summed E-state index contributed by atoms with van der Waals surface area (Å²) in [5.74, 6) is -4.45. The molecule has 0 aliphatic heterocycles. The Morgan fingerprint density at radius 2 is 0.622 bits per heavy atom. The molecule has 119 heavy (non-hydrogen) atoms. The standard InChI is InChI=1S/C22H21N5O4.C22H21N4O5P.C16H15N2O6P.C8H9NO2.C7H8NO3P.2C3H6O/c23-17-3-1-2-4-18(17)27-21(29)16-8-5-14(6-9-16)11-26-22(30)31-13-15-7-10-19(20(24)28)25-12-15;23-17-3-1-2-4-18(17)26-20(27)16-8-5-14(6-9-16)11-25-22(29)30-13-15-7-10-19(24-12-15)21(28)31-32;19-14(20)12-4-1-10(2-5-12)7-18-16(22)23-9-11-3-6-13(17-8-11)15(21)24-25;9-5-6-1-3-7(4-2-6)8(10)11;9-4-5-1-2-6(8-3-5)7(10)11-12;2*1-3(2)4/h1-10,12H,11,13,23H2,(H2,24,28)(H,26,30)(H,27,29);1-10,12H,11,13,23,32H2,(H,25,29)(H,26,27);1-6,8H,7,9,25H2,(H,18,22)(H,19,20);1-4H,5,9H2,(H,10,11);1-3,9H,4,12H2;2*1-2H3. The largest absolute Gasteiger partial charge is 0.478 e. The van der Waals surface area contributed by atoms with E-state index in [-0.39, 0.29) is 97.8 Å². The summed E-state index contributed by atoms with van der Waals surface area (Å²) in [7, 11) is 5.56. The summed E-state index contributed by atoms with van der Waals surface area (Å²) in [5, 5.41) is 39.3. The Morgan fingerprint density at radius 1 is 0.361 bits per heavy atom. The summed E-state index contributed by atoms with van der Waals surface area (Å²) in [5.41, 5.74) is 32.0. The maximum Gasteiger partial charge on any atom is 0.407 e. The van der Waals surface area contributed by atoms with Gasteiger partial charge in [0, 0.05) is 78.8 Å². The van der Waals surface area contributed by atoms with Gasteiger partial charge in [-0.3, -0.25) is 19.4 Å². The van der Waals surface area contributed by atoms with Crippen LogP contribution in [0.25, 0.3) is 0 Å². The van der Waals surface area contributed by atoms with Gasteiger partial charge in [-0.15, -0.1) is 0 Å². The smallest absolute Gasteiger partial charge is 0.407 e. The number of amides is 6. The number of para-hydroxylation sites is 4. The third-order valence-corrected chi connectivity index (χ3v) is 15.2. The maximum atomic E-state index is 12.4. The first kappa shape index (κ1) is 97.0. The molecule has 0 spiro atoms. The van der Waals surface area contributed by atoms with Crippen LogP contribution < -0.4 is 49.5 Å². The number of nitrogens with two attached hydrogens (primary N) is 4. The van der Waals surface area contributed by atoms with Crippen LogP contribution in [0.15, 0.2) is 219 Å². The molecule has 622 valence electrons. The number of ether oxygens (including phenoxy) is 3. The van der Waals surface area contributed by atoms with Crippen molar-refractivity contribution < 1.29 is 105 Å². The van der Waals surface area contributed by atoms with Gasteiger partial charge in [0.05, 0.1) is 68.9 Å². The van der Waals surface area contributed by atoms with E-state index in [9.17, 15) is 62.3 Å². The number of rotatable bonds is 24. The Balaban J connectivity index is 0.000000319. The minimum atomic E-state index is -1.01. The van der Waals surface area contributed by atoms with Gasteiger partial charge in [-0.1, -0.05) is 97.1 Å². The minimum absolute atomic E-state index is 0.000396. The number of pyridine rings is 4. The minimum Gasteiger partial charge on any atom is -0.478 e. The summed E-state index contributed by atoms with van der Waals surface area (Å²) < 4.78 is 28.6. The number of nitrogen functional groups attached to an aromatic ring is 2. The predicted octanol–water partition coefficient (Wildman–Crippen LogP) is 10.4. The number of aromatic carboxylic acids is 2. The Labute approximate surface area is 689 Å². The molecular weight excluding hydrogens is 1600 g/mol. The average molecular weight is 1690 g/mol. The molecule has 4 aromatic heterocycles. The molecule has 38 heteroatoms. The van der Waals surface area contributed by atoms with Crippen molar-refractivity contribution in [2.75, 3.05) is 22.1 Å². The van der Waals surface area contributed by atoms with Crippen LogP contribution in [0.4, 0.5) is 37.1 Å². The molecule has 0 fully saturated rings. The molecule has 3 unspecified atom stereocenters. The van der Waals surface area contributed by atoms with Crippen molar-refractivity contribution in [1.82, 2.24) is 35.9 Å². The van der Waals surface area contributed by atoms with Crippen LogP contribution >= 0.6 is 28.4 Å². The molecule has 10 aromatic rings. The average Bonchev–Trinajstić information content (AvgIpc) is 0.861. The molecule has 0 aliphatic carbocycles. The molecular formula is C81H86N13O22P3. The van der Waals surface area contributed by atoms with Crippen LogP contribution in [-0.2, 0) is 90.0 Å². The number of benzene rings is 6. The van der Waals surface area contributed by atoms with Gasteiger partial charge in [0.2, 0.25) is 0 Å². The van der Waals surface area contributed by atoms with Gasteiger partial charge < -0.3 is 102 Å². The molecule has 0 radical (unpaired) electrons. The first-order valence-electron chi connectivity index (χ1n) is 34.8. The number of ketones is 2. The van der Waals surface area contributed by atoms with Crippen LogP contribution in [0.2, 0.25) is 0 Å². The van der Waals surface area contributed by atoms with Crippen molar-refractivity contribution in [2.45, 2.75) is 80.3 Å². The Morgan fingerprint density at radius 3 is 0.866 bits per heavy atom. The lowest BCUT2D eigenvalue weighted by atomic mass is 10.1. The molecule has 0 saturated carbocycles. The van der Waals surface area contributed by atoms with E-state index in [0.717, 1.165) is 22.3 Å². The zero-order valence-corrected chi connectivity index (χ0v) is 67.8. The molecule has 0 aliphatic rings. The zero-order chi connectivity index (χ0) is 87.8. The van der Waals surface area contributed by atoms with Crippen molar-refractivity contribution >= 4 is 129 Å². The number of aliphatic hydroxyl groups excluding tert-OH is 1. The molecule has 16 N–H and O–H groups in total. The molecule has 35 nitrogen and oxygen atoms in total. The first-order valence-corrected chi connectivity index (χ1v) is 36.2. The van der Waals surface area contributed by atoms with Gasteiger partial charge in [0.25, 0.3) is 17.7 Å². The van der Waals surface area contributed by atoms with Crippen molar-refractivity contribution in [3.63, 3.8) is 0 Å². The number of primary amides is 1. The second-order valence-corrected chi connectivity index (χ2v) is 24.9. The van der Waals surface area contributed by atoms with Gasteiger partial charge >= 0.3 is 48.1 Å². The van der Waals surface area contributed by atoms with Crippen LogP contribution in [0.1, 0.15) is 156 Å². The fourth-order valence-electron chi connectivity index (χ4n) is 8.57. The second kappa shape index (κ2) is 52.9. The van der Waals surface area contributed by atoms with Crippen LogP contribution in [-0.4, -0.2) is 113 Å². The quantitative estimate of drug-likeness (QED) is 0.0152. The third kappa shape index (κ3) is 38.1. The number of carbonyl (C=O) groups is 13. The van der Waals surface area contributed by atoms with Crippen LogP contribution in [0, 0.1) is 0 Å². The van der Waals surface area contributed by atoms with Gasteiger partial charge in [0.1, 0.15) is 54.2 Å². The van der Waals surface area contributed by atoms with Crippen LogP contribution in [0.5, 0.6) is 0 Å². The van der Waals surface area contributed by atoms with Crippen molar-refractivity contribution in [1.29, 1.82) is 0 Å². The number of carboxylic acids is 2. The summed E-state index contributed by atoms with van der Waals surface area (Å²) in [6.45, 7) is 7.12. The molecule has 0 saturated heterocycles. The molecule has 6 amide bonds. The second-order valence-electron chi connectivity index (χ2n) is 24.2. The summed E-state index contributed by atoms with van der Waals surface area (Å²) in [6, 6.07) is 52.5. The molecule has 4 heterocycles. The lowest BCUT2D eigenvalue weighted by molar-refractivity contribution is -0.115. The Kier molecular flexibility index (Phi) is 43.1. The third-order valence-electron chi connectivity index (χ3n) is 14.6. The van der Waals surface area contributed by atoms with E-state index in [1.54, 1.807) is 158 Å². The van der Waals surface area contributed by atoms with Gasteiger partial charge in [-0.25, -0.2) is 53.3 Å². The first-order chi connectivity index (χ1) is 56.8. The number of nitrogens with one attached hydrogen (secondary N) is 5. The highest BCUT2D eigenvalue weighted by atomic mass is 31.0. The number of Topliss-reactive ketones (excluding diaryl/α,β-unsaturated/α-hetero) is 2. The number of aliphatic hydroxyl groups is 1. The van der Waals surface area contributed by atoms with E-state index < -0.39 is 54.0 Å². The number of alkyl carbamates (subject to hydrolysis) is 3. The van der Waals surface area contributed by atoms with E-state index in [0.29, 0.717) is 68.2 Å². The fourth-order valence-corrected chi connectivity index (χ4v) is 8.93. The number of carboxylic acid groups (broad SMARTS) is 2. The van der Waals surface area contributed by atoms with Crippen molar-refractivity contribution in [3.8, 4) is 0 Å². The van der Waals surface area contributed by atoms with Gasteiger partial charge in [-0.2, -0.15) is 0 Å². The molecule has 3 atom stereocenters. The van der Waals surface area contributed by atoms with Crippen LogP contribution in [0.3, 0.4) is 0 Å². The van der Waals surface area contributed by atoms with Gasteiger partial charge in [-0.05, 0) is 153 Å². The topological polar surface area (TPSA) is 554 Å². The van der Waals surface area contributed by atoms with E-state index in [1.165, 1.54) is 88.9 Å². The predicted molar refractivity (Wildman–Crippen MR) is 446 cm³/mol. The van der Waals surface area contributed by atoms with E-state index in [4.69, 9.17) is 52.5 Å². The summed E-state index contributed by atoms with van der Waals surface area (Å²) in [4.78, 5) is 160. The van der Waals surface area contributed by atoms with E-state index >= 15 is 0 Å². The Bertz CT molecular complexity index is 5000. The highest BCUT2D eigenvalue weighted by molar-refractivity contribution is 7.11. The number of carbonyl (C=O) groups excluding carboxylic acids is 11. The van der Waals surface area contributed by atoms with Crippen molar-refractivity contribution in [2.24, 2.45) is 11.5 Å². The number of hydrogen-bond donors (Lipinski definition) is 12. The SMILES string of the molecule is CC(C)=O.CC(C)=O.NC(=O)c1ccc(COC(=O)NCc2ccc(C(=O)Nc3ccccc3N)cc2)cn1.NCc1ccc(C(=O)O)cc1.Nc1ccccc1NC(=O)c1ccc(CNC(=O)OCc2ccc(C(=O)OP)nc2)cc1.O=C(NCc1ccc(C(=O)O)cc1)OCc1ccc(C(=O)OP)nc1.O=C(OP)c1ccc(CO)cn1. The number of anilines is 4. The van der Waals surface area contributed by atoms with Gasteiger partial charge in [0.15, 0.2) is 0 Å². The number of aromatic nitrogens is 4. The van der Waals surface area contributed by atoms with E-state index in [1.807, 2.05) is 28.4 Å². The highest BCUT2D eigenvalue weighted by Gasteiger charge is 2.15. The fraction of sp³-hybridized carbons (Fsp3) is 0.148. The number of hydrogen-bond acceptors (Lipinski definition) is 27. The lowest BCUT2D eigenvalue weighted by Gasteiger charge is -2.09. The zero-order valence-electron chi connectivity index (χ0n) is 64.4. The Hall–Kier alpha value is -14.4. The maximum absolute atomic E-state index is 12.4. The molecule has 10 rings (SSSR count). The normalized spacial score (nSPS) is 9.76. The number of nitrogens with zero attached hydrogens (tertiary/aromatic N) is 4. The summed E-state index contributed by atoms with van der Waals surface area (Å²) >= 11 is 0. The monoisotopic (exact) mass is 1690 g/mol.